The molecule has 2 rings (SSSR count). The van der Waals surface area contributed by atoms with E-state index >= 15 is 0 Å². The van der Waals surface area contributed by atoms with E-state index in [2.05, 4.69) is 10.3 Å². The van der Waals surface area contributed by atoms with Gasteiger partial charge in [-0.2, -0.15) is 0 Å². The molecule has 1 aromatic heterocycles. The second-order valence-corrected chi connectivity index (χ2v) is 4.23. The molecule has 1 amide bonds. The highest BCUT2D eigenvalue weighted by molar-refractivity contribution is 6.33. The van der Waals surface area contributed by atoms with Gasteiger partial charge >= 0.3 is 0 Å². The number of nitrogen functional groups attached to an aromatic ring is 1. The lowest BCUT2D eigenvalue weighted by atomic mass is 10.2. The minimum Gasteiger partial charge on any atom is -0.399 e. The molecule has 1 aromatic carbocycles. The van der Waals surface area contributed by atoms with Crippen LogP contribution in [0.15, 0.2) is 36.5 Å². The Morgan fingerprint density at radius 1 is 1.40 bits per heavy atom. The van der Waals surface area contributed by atoms with E-state index in [1.807, 2.05) is 0 Å². The predicted octanol–water partition coefficient (Wildman–Crippen LogP) is 2.48. The number of hydrogen-bond acceptors (Lipinski definition) is 5. The van der Waals surface area contributed by atoms with Crippen LogP contribution in [0.2, 0.25) is 5.15 Å². The number of aromatic nitrogens is 1. The van der Waals surface area contributed by atoms with Crippen LogP contribution in [0.25, 0.3) is 0 Å². The van der Waals surface area contributed by atoms with Gasteiger partial charge in [0.05, 0.1) is 10.5 Å². The Morgan fingerprint density at radius 3 is 2.80 bits per heavy atom. The molecule has 0 radical (unpaired) electrons. The van der Waals surface area contributed by atoms with E-state index in [-0.39, 0.29) is 16.4 Å². The van der Waals surface area contributed by atoms with Crippen molar-refractivity contribution in [2.75, 3.05) is 11.1 Å². The van der Waals surface area contributed by atoms with E-state index in [4.69, 9.17) is 17.3 Å². The van der Waals surface area contributed by atoms with E-state index < -0.39 is 10.8 Å². The zero-order valence-corrected chi connectivity index (χ0v) is 10.8. The van der Waals surface area contributed by atoms with Gasteiger partial charge in [-0.25, -0.2) is 4.98 Å². The van der Waals surface area contributed by atoms with Gasteiger partial charge in [0, 0.05) is 17.4 Å². The third-order valence-electron chi connectivity index (χ3n) is 2.42. The molecule has 0 bridgehead atoms. The van der Waals surface area contributed by atoms with Gasteiger partial charge < -0.3 is 11.1 Å². The van der Waals surface area contributed by atoms with Gasteiger partial charge in [-0.15, -0.1) is 0 Å². The summed E-state index contributed by atoms with van der Waals surface area (Å²) in [6.07, 6.45) is 0.986. The Balaban J connectivity index is 2.29. The molecule has 0 saturated carbocycles. The summed E-state index contributed by atoms with van der Waals surface area (Å²) in [5, 5.41) is 13.1. The standard InChI is InChI=1S/C12H9ClN4O3/c13-11-10(5-9(6-15-11)17(19)20)12(18)16-8-3-1-2-7(14)4-8/h1-6H,14H2,(H,16,18). The maximum atomic E-state index is 12.0. The first-order valence-electron chi connectivity index (χ1n) is 5.44. The first-order chi connectivity index (χ1) is 9.47. The number of carbonyl (C=O) groups excluding carboxylic acids is 1. The number of anilines is 2. The number of nitrogens with two attached hydrogens (primary N) is 1. The highest BCUT2D eigenvalue weighted by Gasteiger charge is 2.17. The summed E-state index contributed by atoms with van der Waals surface area (Å²) in [4.78, 5) is 25.7. The number of pyridine rings is 1. The number of amides is 1. The summed E-state index contributed by atoms with van der Waals surface area (Å²) in [6.45, 7) is 0. The third-order valence-corrected chi connectivity index (χ3v) is 2.73. The Hall–Kier alpha value is -2.67. The molecule has 3 N–H and O–H groups in total. The van der Waals surface area contributed by atoms with Crippen LogP contribution in [0.1, 0.15) is 10.4 Å². The first kappa shape index (κ1) is 13.8. The van der Waals surface area contributed by atoms with Crippen molar-refractivity contribution in [1.29, 1.82) is 0 Å². The summed E-state index contributed by atoms with van der Waals surface area (Å²) in [5.41, 5.74) is 6.13. The average Bonchev–Trinajstić information content (AvgIpc) is 2.38. The molecule has 2 aromatic rings. The lowest BCUT2D eigenvalue weighted by Gasteiger charge is -2.06. The number of benzene rings is 1. The molecule has 0 aliphatic heterocycles. The van der Waals surface area contributed by atoms with Crippen molar-refractivity contribution in [3.63, 3.8) is 0 Å². The molecule has 0 spiro atoms. The van der Waals surface area contributed by atoms with Crippen LogP contribution in [-0.4, -0.2) is 15.8 Å². The van der Waals surface area contributed by atoms with E-state index in [0.29, 0.717) is 11.4 Å². The van der Waals surface area contributed by atoms with Crippen molar-refractivity contribution in [2.24, 2.45) is 0 Å². The molecule has 0 saturated heterocycles. The molecule has 8 heteroatoms. The van der Waals surface area contributed by atoms with Crippen molar-refractivity contribution in [2.45, 2.75) is 0 Å². The molecule has 0 fully saturated rings. The van der Waals surface area contributed by atoms with Gasteiger partial charge in [0.1, 0.15) is 11.3 Å². The number of nitrogens with zero attached hydrogens (tertiary/aromatic N) is 2. The largest absolute Gasteiger partial charge is 0.399 e. The van der Waals surface area contributed by atoms with Gasteiger partial charge in [-0.05, 0) is 18.2 Å². The van der Waals surface area contributed by atoms with Crippen LogP contribution in [0, 0.1) is 10.1 Å². The predicted molar refractivity (Wildman–Crippen MR) is 74.7 cm³/mol. The average molecular weight is 293 g/mol. The van der Waals surface area contributed by atoms with Crippen LogP contribution < -0.4 is 11.1 Å². The normalized spacial score (nSPS) is 10.1. The van der Waals surface area contributed by atoms with Crippen molar-refractivity contribution in [3.8, 4) is 0 Å². The quantitative estimate of drug-likeness (QED) is 0.391. The number of carbonyl (C=O) groups is 1. The van der Waals surface area contributed by atoms with Crippen molar-refractivity contribution in [3.05, 3.63) is 57.4 Å². The molecule has 0 atom stereocenters. The fraction of sp³-hybridized carbons (Fsp3) is 0. The molecule has 0 unspecified atom stereocenters. The zero-order valence-electron chi connectivity index (χ0n) is 10.0. The van der Waals surface area contributed by atoms with Crippen LogP contribution in [0.4, 0.5) is 17.1 Å². The maximum absolute atomic E-state index is 12.0. The van der Waals surface area contributed by atoms with Gasteiger partial charge in [0.25, 0.3) is 11.6 Å². The summed E-state index contributed by atoms with van der Waals surface area (Å²) < 4.78 is 0. The smallest absolute Gasteiger partial charge is 0.288 e. The number of nitrogens with one attached hydrogen (secondary N) is 1. The van der Waals surface area contributed by atoms with Crippen LogP contribution in [-0.2, 0) is 0 Å². The third kappa shape index (κ3) is 3.01. The monoisotopic (exact) mass is 292 g/mol. The van der Waals surface area contributed by atoms with Gasteiger partial charge in [-0.1, -0.05) is 17.7 Å². The van der Waals surface area contributed by atoms with Crippen LogP contribution in [0.3, 0.4) is 0 Å². The minimum absolute atomic E-state index is 0.0803. The van der Waals surface area contributed by atoms with Crippen LogP contribution >= 0.6 is 11.6 Å². The van der Waals surface area contributed by atoms with Gasteiger partial charge in [0.15, 0.2) is 0 Å². The molecule has 0 aliphatic rings. The Labute approximate surface area is 118 Å². The lowest BCUT2D eigenvalue weighted by molar-refractivity contribution is -0.385. The SMILES string of the molecule is Nc1cccc(NC(=O)c2cc([N+](=O)[O-])cnc2Cl)c1. The topological polar surface area (TPSA) is 111 Å². The van der Waals surface area contributed by atoms with E-state index in [9.17, 15) is 14.9 Å². The number of hydrogen-bond donors (Lipinski definition) is 2. The summed E-state index contributed by atoms with van der Waals surface area (Å²) >= 11 is 5.77. The molecular weight excluding hydrogens is 284 g/mol. The Kier molecular flexibility index (Phi) is 3.81. The molecule has 20 heavy (non-hydrogen) atoms. The van der Waals surface area contributed by atoms with Gasteiger partial charge in [-0.3, -0.25) is 14.9 Å². The number of nitro groups is 1. The molecule has 0 aliphatic carbocycles. The molecule has 1 heterocycles. The van der Waals surface area contributed by atoms with E-state index in [1.165, 1.54) is 0 Å². The van der Waals surface area contributed by atoms with E-state index in [0.717, 1.165) is 12.3 Å². The summed E-state index contributed by atoms with van der Waals surface area (Å²) in [5.74, 6) is -0.600. The fourth-order valence-corrected chi connectivity index (χ4v) is 1.70. The maximum Gasteiger partial charge on any atom is 0.288 e. The molecule has 7 nitrogen and oxygen atoms in total. The van der Waals surface area contributed by atoms with Crippen molar-refractivity contribution >= 4 is 34.6 Å². The molecular formula is C12H9ClN4O3. The molecule has 102 valence electrons. The van der Waals surface area contributed by atoms with Gasteiger partial charge in [0.2, 0.25) is 0 Å². The number of rotatable bonds is 3. The second-order valence-electron chi connectivity index (χ2n) is 3.87. The number of halogens is 1. The highest BCUT2D eigenvalue weighted by atomic mass is 35.5. The van der Waals surface area contributed by atoms with Crippen molar-refractivity contribution < 1.29 is 9.72 Å². The van der Waals surface area contributed by atoms with Crippen LogP contribution in [0.5, 0.6) is 0 Å². The zero-order chi connectivity index (χ0) is 14.7. The Bertz CT molecular complexity index is 690. The second kappa shape index (κ2) is 5.54. The minimum atomic E-state index is -0.652. The lowest BCUT2D eigenvalue weighted by Crippen LogP contribution is -2.13. The highest BCUT2D eigenvalue weighted by Crippen LogP contribution is 2.21. The fourth-order valence-electron chi connectivity index (χ4n) is 1.51. The Morgan fingerprint density at radius 2 is 2.15 bits per heavy atom. The van der Waals surface area contributed by atoms with E-state index in [1.54, 1.807) is 24.3 Å². The summed E-state index contributed by atoms with van der Waals surface area (Å²) in [6, 6.07) is 7.58. The van der Waals surface area contributed by atoms with Crippen molar-refractivity contribution in [1.82, 2.24) is 4.98 Å². The summed E-state index contributed by atoms with van der Waals surface area (Å²) in [7, 11) is 0. The first-order valence-corrected chi connectivity index (χ1v) is 5.82.